The quantitative estimate of drug-likeness (QED) is 0.786. The smallest absolute Gasteiger partial charge is 0.0774 e. The third kappa shape index (κ3) is 4.44. The number of likely N-dealkylation sites (tertiary alicyclic amines) is 1. The van der Waals surface area contributed by atoms with Crippen LogP contribution in [0.3, 0.4) is 0 Å². The first-order valence-corrected chi connectivity index (χ1v) is 8.84. The molecule has 2 fully saturated rings. The van der Waals surface area contributed by atoms with Crippen LogP contribution in [0.2, 0.25) is 0 Å². The molecule has 0 amide bonds. The van der Waals surface area contributed by atoms with Gasteiger partial charge in [-0.05, 0) is 52.1 Å². The summed E-state index contributed by atoms with van der Waals surface area (Å²) in [4.78, 5) is 2.59. The topological polar surface area (TPSA) is 35.5 Å². The van der Waals surface area contributed by atoms with E-state index in [1.807, 2.05) is 0 Å². The number of hydrogen-bond donors (Lipinski definition) is 2. The van der Waals surface area contributed by atoms with Crippen molar-refractivity contribution in [2.45, 2.75) is 89.3 Å². The lowest BCUT2D eigenvalue weighted by atomic mass is 9.83. The number of aliphatic hydroxyl groups is 1. The van der Waals surface area contributed by atoms with Crippen molar-refractivity contribution in [1.29, 1.82) is 0 Å². The van der Waals surface area contributed by atoms with Crippen molar-refractivity contribution in [1.82, 2.24) is 10.2 Å². The molecule has 20 heavy (non-hydrogen) atoms. The molecular formula is C17H34N2O. The highest BCUT2D eigenvalue weighted by Crippen LogP contribution is 2.31. The van der Waals surface area contributed by atoms with E-state index in [-0.39, 0.29) is 0 Å². The van der Waals surface area contributed by atoms with Crippen LogP contribution < -0.4 is 5.32 Å². The second-order valence-corrected chi connectivity index (χ2v) is 7.06. The van der Waals surface area contributed by atoms with E-state index in [4.69, 9.17) is 0 Å². The zero-order valence-corrected chi connectivity index (χ0v) is 13.5. The highest BCUT2D eigenvalue weighted by Gasteiger charge is 2.35. The molecule has 0 aromatic heterocycles. The van der Waals surface area contributed by atoms with Crippen molar-refractivity contribution in [2.75, 3.05) is 19.6 Å². The summed E-state index contributed by atoms with van der Waals surface area (Å²) in [7, 11) is 0. The van der Waals surface area contributed by atoms with E-state index in [1.165, 1.54) is 51.5 Å². The standard InChI is InChI=1S/C17H34N2O/c1-3-12-18-15(2)16-9-5-8-13-19(16)14-17(20)10-6-4-7-11-17/h15-16,18,20H,3-14H2,1-2H3. The van der Waals surface area contributed by atoms with Gasteiger partial charge in [-0.2, -0.15) is 0 Å². The molecule has 2 rings (SSSR count). The summed E-state index contributed by atoms with van der Waals surface area (Å²) in [6.07, 6.45) is 10.9. The first-order valence-electron chi connectivity index (χ1n) is 8.84. The zero-order chi connectivity index (χ0) is 14.4. The summed E-state index contributed by atoms with van der Waals surface area (Å²) in [5.41, 5.74) is -0.404. The minimum atomic E-state index is -0.404. The molecular weight excluding hydrogens is 248 g/mol. The van der Waals surface area contributed by atoms with Crippen LogP contribution in [0, 0.1) is 0 Å². The van der Waals surface area contributed by atoms with Crippen LogP contribution in [-0.2, 0) is 0 Å². The monoisotopic (exact) mass is 282 g/mol. The van der Waals surface area contributed by atoms with Gasteiger partial charge in [0.2, 0.25) is 0 Å². The number of piperidine rings is 1. The van der Waals surface area contributed by atoms with Gasteiger partial charge < -0.3 is 10.4 Å². The fourth-order valence-corrected chi connectivity index (χ4v) is 4.03. The van der Waals surface area contributed by atoms with Crippen molar-refractivity contribution >= 4 is 0 Å². The molecule has 1 saturated heterocycles. The van der Waals surface area contributed by atoms with Crippen LogP contribution in [0.15, 0.2) is 0 Å². The Labute approximate surface area is 125 Å². The number of β-amino-alcohol motifs (C(OH)–C–C–N with tert-alkyl or cyclic N) is 1. The molecule has 0 aromatic rings. The molecule has 1 aliphatic heterocycles. The van der Waals surface area contributed by atoms with E-state index in [2.05, 4.69) is 24.1 Å². The molecule has 1 heterocycles. The van der Waals surface area contributed by atoms with Crippen molar-refractivity contribution in [3.63, 3.8) is 0 Å². The van der Waals surface area contributed by atoms with Crippen LogP contribution in [0.4, 0.5) is 0 Å². The maximum absolute atomic E-state index is 10.8. The lowest BCUT2D eigenvalue weighted by molar-refractivity contribution is -0.0457. The molecule has 0 bridgehead atoms. The Balaban J connectivity index is 1.92. The van der Waals surface area contributed by atoms with Crippen molar-refractivity contribution in [3.05, 3.63) is 0 Å². The molecule has 0 radical (unpaired) electrons. The number of nitrogens with zero attached hydrogens (tertiary/aromatic N) is 1. The van der Waals surface area contributed by atoms with Crippen LogP contribution in [-0.4, -0.2) is 47.3 Å². The number of rotatable bonds is 6. The fraction of sp³-hybridized carbons (Fsp3) is 1.00. The average molecular weight is 282 g/mol. The molecule has 3 nitrogen and oxygen atoms in total. The van der Waals surface area contributed by atoms with Gasteiger partial charge in [-0.3, -0.25) is 4.90 Å². The molecule has 0 aromatic carbocycles. The van der Waals surface area contributed by atoms with E-state index in [0.29, 0.717) is 12.1 Å². The Bertz CT molecular complexity index is 276. The van der Waals surface area contributed by atoms with Gasteiger partial charge in [0.05, 0.1) is 5.60 Å². The maximum atomic E-state index is 10.8. The Hall–Kier alpha value is -0.120. The first-order chi connectivity index (χ1) is 9.64. The Morgan fingerprint density at radius 3 is 2.65 bits per heavy atom. The van der Waals surface area contributed by atoms with Crippen LogP contribution in [0.25, 0.3) is 0 Å². The van der Waals surface area contributed by atoms with Crippen molar-refractivity contribution in [3.8, 4) is 0 Å². The Morgan fingerprint density at radius 2 is 1.95 bits per heavy atom. The van der Waals surface area contributed by atoms with Gasteiger partial charge in [0.1, 0.15) is 0 Å². The van der Waals surface area contributed by atoms with Gasteiger partial charge in [0, 0.05) is 18.6 Å². The van der Waals surface area contributed by atoms with Crippen LogP contribution in [0.1, 0.15) is 71.6 Å². The van der Waals surface area contributed by atoms with Gasteiger partial charge in [-0.25, -0.2) is 0 Å². The minimum Gasteiger partial charge on any atom is -0.389 e. The van der Waals surface area contributed by atoms with E-state index in [0.717, 1.165) is 25.9 Å². The lowest BCUT2D eigenvalue weighted by Gasteiger charge is -2.44. The molecule has 1 aliphatic carbocycles. The molecule has 2 atom stereocenters. The van der Waals surface area contributed by atoms with E-state index < -0.39 is 5.60 Å². The van der Waals surface area contributed by atoms with E-state index in [9.17, 15) is 5.11 Å². The van der Waals surface area contributed by atoms with E-state index in [1.54, 1.807) is 0 Å². The predicted molar refractivity (Wildman–Crippen MR) is 85.0 cm³/mol. The number of nitrogens with one attached hydrogen (secondary N) is 1. The highest BCUT2D eigenvalue weighted by molar-refractivity contribution is 4.92. The molecule has 0 spiro atoms. The lowest BCUT2D eigenvalue weighted by Crippen LogP contribution is -2.56. The van der Waals surface area contributed by atoms with Crippen molar-refractivity contribution in [2.24, 2.45) is 0 Å². The summed E-state index contributed by atoms with van der Waals surface area (Å²) in [6, 6.07) is 1.16. The third-order valence-corrected chi connectivity index (χ3v) is 5.24. The second kappa shape index (κ2) is 7.77. The first kappa shape index (κ1) is 16.3. The van der Waals surface area contributed by atoms with Gasteiger partial charge in [0.15, 0.2) is 0 Å². The zero-order valence-electron chi connectivity index (χ0n) is 13.5. The molecule has 2 aliphatic rings. The van der Waals surface area contributed by atoms with Gasteiger partial charge in [-0.1, -0.05) is 32.6 Å². The molecule has 118 valence electrons. The second-order valence-electron chi connectivity index (χ2n) is 7.06. The van der Waals surface area contributed by atoms with Gasteiger partial charge in [0.25, 0.3) is 0 Å². The normalized spacial score (nSPS) is 29.2. The van der Waals surface area contributed by atoms with Gasteiger partial charge in [-0.15, -0.1) is 0 Å². The van der Waals surface area contributed by atoms with Crippen LogP contribution >= 0.6 is 0 Å². The van der Waals surface area contributed by atoms with Gasteiger partial charge >= 0.3 is 0 Å². The summed E-state index contributed by atoms with van der Waals surface area (Å²) in [5, 5.41) is 14.5. The van der Waals surface area contributed by atoms with E-state index >= 15 is 0 Å². The summed E-state index contributed by atoms with van der Waals surface area (Å²) in [6.45, 7) is 7.73. The summed E-state index contributed by atoms with van der Waals surface area (Å²) >= 11 is 0. The molecule has 2 unspecified atom stereocenters. The Morgan fingerprint density at radius 1 is 1.20 bits per heavy atom. The SMILES string of the molecule is CCCNC(C)C1CCCCN1CC1(O)CCCCC1. The Kier molecular flexibility index (Phi) is 6.31. The summed E-state index contributed by atoms with van der Waals surface area (Å²) < 4.78 is 0. The highest BCUT2D eigenvalue weighted by atomic mass is 16.3. The summed E-state index contributed by atoms with van der Waals surface area (Å²) in [5.74, 6) is 0. The third-order valence-electron chi connectivity index (χ3n) is 5.24. The maximum Gasteiger partial charge on any atom is 0.0774 e. The predicted octanol–water partition coefficient (Wildman–Crippen LogP) is 2.92. The van der Waals surface area contributed by atoms with Crippen molar-refractivity contribution < 1.29 is 5.11 Å². The molecule has 3 heteroatoms. The molecule has 2 N–H and O–H groups in total. The molecule has 1 saturated carbocycles. The number of hydrogen-bond acceptors (Lipinski definition) is 3. The average Bonchev–Trinajstić information content (AvgIpc) is 2.45. The van der Waals surface area contributed by atoms with Crippen LogP contribution in [0.5, 0.6) is 0 Å². The fourth-order valence-electron chi connectivity index (χ4n) is 4.03. The largest absolute Gasteiger partial charge is 0.389 e. The minimum absolute atomic E-state index is 0.404.